The minimum absolute atomic E-state index is 0.0413. The number of hydrogen-bond acceptors (Lipinski definition) is 2. The maximum Gasteiger partial charge on any atom is 0.167 e. The fraction of sp³-hybridized carbons (Fsp3) is 0.133. The molecule has 0 saturated carbocycles. The van der Waals surface area contributed by atoms with E-state index in [9.17, 15) is 4.79 Å². The second-order valence-corrected chi connectivity index (χ2v) is 5.37. The SMILES string of the molecule is COc1ccc(CC(=O)c2cccc(Cl)c2)cc1Br. The first-order chi connectivity index (χ1) is 9.10. The Balaban J connectivity index is 2.17. The molecular formula is C15H12BrClO2. The molecule has 0 spiro atoms. The molecule has 0 fully saturated rings. The molecule has 0 aromatic heterocycles. The van der Waals surface area contributed by atoms with Crippen LogP contribution < -0.4 is 4.74 Å². The monoisotopic (exact) mass is 338 g/mol. The van der Waals surface area contributed by atoms with Gasteiger partial charge in [-0.05, 0) is 45.8 Å². The minimum atomic E-state index is 0.0413. The van der Waals surface area contributed by atoms with Gasteiger partial charge in [-0.2, -0.15) is 0 Å². The Hall–Kier alpha value is -1.32. The number of halogens is 2. The van der Waals surface area contributed by atoms with E-state index in [1.54, 1.807) is 31.4 Å². The number of Topliss-reactive ketones (excluding diaryl/α,β-unsaturated/α-hetero) is 1. The van der Waals surface area contributed by atoms with Crippen molar-refractivity contribution in [1.82, 2.24) is 0 Å². The molecule has 0 radical (unpaired) electrons. The fourth-order valence-corrected chi connectivity index (χ4v) is 2.55. The molecule has 0 saturated heterocycles. The summed E-state index contributed by atoms with van der Waals surface area (Å²) in [6.07, 6.45) is 0.336. The van der Waals surface area contributed by atoms with Gasteiger partial charge in [-0.3, -0.25) is 4.79 Å². The molecule has 4 heteroatoms. The van der Waals surface area contributed by atoms with Crippen LogP contribution in [-0.4, -0.2) is 12.9 Å². The summed E-state index contributed by atoms with van der Waals surface area (Å²) in [5.41, 5.74) is 1.55. The zero-order chi connectivity index (χ0) is 13.8. The van der Waals surface area contributed by atoms with Gasteiger partial charge in [0.15, 0.2) is 5.78 Å². The van der Waals surface area contributed by atoms with Gasteiger partial charge in [0.25, 0.3) is 0 Å². The Morgan fingerprint density at radius 3 is 2.68 bits per heavy atom. The summed E-state index contributed by atoms with van der Waals surface area (Å²) < 4.78 is 6.00. The van der Waals surface area contributed by atoms with E-state index in [1.807, 2.05) is 18.2 Å². The summed E-state index contributed by atoms with van der Waals surface area (Å²) in [5.74, 6) is 0.790. The van der Waals surface area contributed by atoms with E-state index >= 15 is 0 Å². The Kier molecular flexibility index (Phi) is 4.61. The maximum atomic E-state index is 12.1. The molecule has 2 nitrogen and oxygen atoms in total. The Morgan fingerprint density at radius 1 is 1.26 bits per heavy atom. The van der Waals surface area contributed by atoms with E-state index in [4.69, 9.17) is 16.3 Å². The second-order valence-electron chi connectivity index (χ2n) is 4.08. The van der Waals surface area contributed by atoms with Crippen LogP contribution >= 0.6 is 27.5 Å². The number of methoxy groups -OCH3 is 1. The number of carbonyl (C=O) groups is 1. The molecule has 0 aliphatic carbocycles. The molecular weight excluding hydrogens is 328 g/mol. The molecule has 0 atom stereocenters. The number of rotatable bonds is 4. The van der Waals surface area contributed by atoms with Gasteiger partial charge >= 0.3 is 0 Å². The summed E-state index contributed by atoms with van der Waals surface area (Å²) in [6.45, 7) is 0. The number of benzene rings is 2. The molecule has 2 aromatic rings. The highest BCUT2D eigenvalue weighted by atomic mass is 79.9. The van der Waals surface area contributed by atoms with Crippen molar-refractivity contribution in [2.24, 2.45) is 0 Å². The summed E-state index contributed by atoms with van der Waals surface area (Å²) in [7, 11) is 1.61. The predicted molar refractivity (Wildman–Crippen MR) is 80.2 cm³/mol. The van der Waals surface area contributed by atoms with Gasteiger partial charge in [0, 0.05) is 17.0 Å². The first-order valence-corrected chi connectivity index (χ1v) is 6.88. The molecule has 98 valence electrons. The number of carbonyl (C=O) groups excluding carboxylic acids is 1. The summed E-state index contributed by atoms with van der Waals surface area (Å²) in [5, 5.41) is 0.571. The molecule has 0 N–H and O–H groups in total. The summed E-state index contributed by atoms with van der Waals surface area (Å²) in [6, 6.07) is 12.6. The van der Waals surface area contributed by atoms with Crippen molar-refractivity contribution >= 4 is 33.3 Å². The van der Waals surface area contributed by atoms with Gasteiger partial charge in [0.1, 0.15) is 5.75 Å². The third kappa shape index (κ3) is 3.58. The molecule has 2 aromatic carbocycles. The second kappa shape index (κ2) is 6.22. The van der Waals surface area contributed by atoms with E-state index in [1.165, 1.54) is 0 Å². The lowest BCUT2D eigenvalue weighted by molar-refractivity contribution is 0.0993. The first-order valence-electron chi connectivity index (χ1n) is 5.71. The van der Waals surface area contributed by atoms with Crippen LogP contribution in [-0.2, 0) is 6.42 Å². The van der Waals surface area contributed by atoms with E-state index < -0.39 is 0 Å². The average molecular weight is 340 g/mol. The van der Waals surface area contributed by atoms with Crippen LogP contribution in [0.25, 0.3) is 0 Å². The average Bonchev–Trinajstić information content (AvgIpc) is 2.39. The molecule has 0 bridgehead atoms. The van der Waals surface area contributed by atoms with Crippen molar-refractivity contribution in [2.75, 3.05) is 7.11 Å². The number of ketones is 1. The van der Waals surface area contributed by atoms with Crippen LogP contribution in [0.4, 0.5) is 0 Å². The van der Waals surface area contributed by atoms with Crippen molar-refractivity contribution in [3.05, 3.63) is 63.1 Å². The molecule has 19 heavy (non-hydrogen) atoms. The summed E-state index contributed by atoms with van der Waals surface area (Å²) in [4.78, 5) is 12.1. The van der Waals surface area contributed by atoms with Gasteiger partial charge in [-0.25, -0.2) is 0 Å². The van der Waals surface area contributed by atoms with Crippen molar-refractivity contribution in [3.8, 4) is 5.75 Å². The van der Waals surface area contributed by atoms with E-state index in [-0.39, 0.29) is 5.78 Å². The third-order valence-electron chi connectivity index (χ3n) is 2.73. The van der Waals surface area contributed by atoms with E-state index in [0.29, 0.717) is 17.0 Å². The van der Waals surface area contributed by atoms with Crippen LogP contribution in [0.15, 0.2) is 46.9 Å². The van der Waals surface area contributed by atoms with Gasteiger partial charge in [-0.15, -0.1) is 0 Å². The van der Waals surface area contributed by atoms with Crippen molar-refractivity contribution in [1.29, 1.82) is 0 Å². The highest BCUT2D eigenvalue weighted by molar-refractivity contribution is 9.10. The van der Waals surface area contributed by atoms with Crippen molar-refractivity contribution in [3.63, 3.8) is 0 Å². The zero-order valence-electron chi connectivity index (χ0n) is 10.3. The van der Waals surface area contributed by atoms with Gasteiger partial charge in [0.05, 0.1) is 11.6 Å². The van der Waals surface area contributed by atoms with Crippen molar-refractivity contribution in [2.45, 2.75) is 6.42 Å². The molecule has 0 aliphatic rings. The largest absolute Gasteiger partial charge is 0.496 e. The standard InChI is InChI=1S/C15H12BrClO2/c1-19-15-6-5-10(7-13(15)16)8-14(18)11-3-2-4-12(17)9-11/h2-7,9H,8H2,1H3. The number of hydrogen-bond donors (Lipinski definition) is 0. The van der Waals surface area contributed by atoms with Crippen LogP contribution in [0, 0.1) is 0 Å². The zero-order valence-corrected chi connectivity index (χ0v) is 12.7. The van der Waals surface area contributed by atoms with E-state index in [0.717, 1.165) is 15.8 Å². The topological polar surface area (TPSA) is 26.3 Å². The Labute approximate surface area is 125 Å². The molecule has 0 heterocycles. The van der Waals surface area contributed by atoms with Gasteiger partial charge in [0.2, 0.25) is 0 Å². The smallest absolute Gasteiger partial charge is 0.167 e. The number of ether oxygens (including phenoxy) is 1. The molecule has 2 rings (SSSR count). The van der Waals surface area contributed by atoms with Crippen LogP contribution in [0.3, 0.4) is 0 Å². The lowest BCUT2D eigenvalue weighted by atomic mass is 10.0. The van der Waals surface area contributed by atoms with E-state index in [2.05, 4.69) is 15.9 Å². The van der Waals surface area contributed by atoms with Crippen molar-refractivity contribution < 1.29 is 9.53 Å². The fourth-order valence-electron chi connectivity index (χ4n) is 1.77. The van der Waals surface area contributed by atoms with Gasteiger partial charge in [-0.1, -0.05) is 29.8 Å². The molecule has 0 amide bonds. The summed E-state index contributed by atoms with van der Waals surface area (Å²) >= 11 is 9.29. The predicted octanol–water partition coefficient (Wildman–Crippen LogP) is 4.54. The lowest BCUT2D eigenvalue weighted by Gasteiger charge is -2.06. The normalized spacial score (nSPS) is 10.3. The highest BCUT2D eigenvalue weighted by Crippen LogP contribution is 2.26. The Bertz CT molecular complexity index is 611. The minimum Gasteiger partial charge on any atom is -0.496 e. The van der Waals surface area contributed by atoms with Crippen LogP contribution in [0.5, 0.6) is 5.75 Å². The van der Waals surface area contributed by atoms with Gasteiger partial charge < -0.3 is 4.74 Å². The van der Waals surface area contributed by atoms with Crippen LogP contribution in [0.1, 0.15) is 15.9 Å². The van der Waals surface area contributed by atoms with Crippen LogP contribution in [0.2, 0.25) is 5.02 Å². The highest BCUT2D eigenvalue weighted by Gasteiger charge is 2.09. The lowest BCUT2D eigenvalue weighted by Crippen LogP contribution is -2.03. The molecule has 0 aliphatic heterocycles. The first kappa shape index (κ1) is 14.1. The maximum absolute atomic E-state index is 12.1. The Morgan fingerprint density at radius 2 is 2.05 bits per heavy atom. The molecule has 0 unspecified atom stereocenters. The quantitative estimate of drug-likeness (QED) is 0.765. The third-order valence-corrected chi connectivity index (χ3v) is 3.58.